The van der Waals surface area contributed by atoms with E-state index in [0.29, 0.717) is 30.2 Å². The summed E-state index contributed by atoms with van der Waals surface area (Å²) in [5, 5.41) is 17.9. The molecule has 0 saturated carbocycles. The minimum atomic E-state index is -3.78. The highest BCUT2D eigenvalue weighted by Crippen LogP contribution is 2.29. The van der Waals surface area contributed by atoms with Crippen molar-refractivity contribution in [3.63, 3.8) is 0 Å². The highest BCUT2D eigenvalue weighted by Gasteiger charge is 2.32. The van der Waals surface area contributed by atoms with Gasteiger partial charge in [0.1, 0.15) is 5.75 Å². The van der Waals surface area contributed by atoms with E-state index in [1.165, 1.54) is 11.4 Å². The van der Waals surface area contributed by atoms with Crippen LogP contribution in [-0.2, 0) is 14.8 Å². The molecule has 0 unspecified atom stereocenters. The number of rotatable bonds is 8. The van der Waals surface area contributed by atoms with E-state index in [0.717, 1.165) is 23.6 Å². The van der Waals surface area contributed by atoms with Crippen molar-refractivity contribution in [1.82, 2.24) is 9.21 Å². The molecule has 1 aliphatic heterocycles. The number of ether oxygens (including phenoxy) is 2. The second kappa shape index (κ2) is 17.1. The summed E-state index contributed by atoms with van der Waals surface area (Å²) in [6.07, 6.45) is 1.46. The molecule has 3 N–H and O–H groups in total. The van der Waals surface area contributed by atoms with Gasteiger partial charge in [0.2, 0.25) is 10.0 Å². The summed E-state index contributed by atoms with van der Waals surface area (Å²) in [5.41, 5.74) is 1.26. The Kier molecular flexibility index (Phi) is 12.7. The van der Waals surface area contributed by atoms with Crippen LogP contribution in [0.1, 0.15) is 50.4 Å². The third-order valence-electron chi connectivity index (χ3n) is 9.24. The Labute approximate surface area is 300 Å². The third kappa shape index (κ3) is 9.44. The average molecular weight is 717 g/mol. The molecule has 0 saturated heterocycles. The van der Waals surface area contributed by atoms with E-state index in [9.17, 15) is 23.1 Å². The number of hydrogen-bond donors (Lipinski definition) is 3. The lowest BCUT2D eigenvalue weighted by atomic mass is 10.0. The number of aliphatic hydroxyl groups excluding tert-OH is 1. The Balaban J connectivity index is 1.42. The lowest BCUT2D eigenvalue weighted by Crippen LogP contribution is -2.48. The Bertz CT molecular complexity index is 1900. The second-order valence-corrected chi connectivity index (χ2v) is 15.3. The van der Waals surface area contributed by atoms with Gasteiger partial charge in [-0.15, -0.1) is 0 Å². The quantitative estimate of drug-likeness (QED) is 0.187. The van der Waals surface area contributed by atoms with Gasteiger partial charge in [-0.1, -0.05) is 61.5 Å². The molecule has 4 aromatic rings. The zero-order chi connectivity index (χ0) is 36.5. The van der Waals surface area contributed by atoms with Gasteiger partial charge in [0.15, 0.2) is 0 Å². The Morgan fingerprint density at radius 3 is 2.47 bits per heavy atom. The lowest BCUT2D eigenvalue weighted by Gasteiger charge is -2.35. The first-order chi connectivity index (χ1) is 24.5. The van der Waals surface area contributed by atoms with Crippen LogP contribution in [0.4, 0.5) is 16.2 Å². The van der Waals surface area contributed by atoms with Crippen LogP contribution >= 0.6 is 0 Å². The van der Waals surface area contributed by atoms with Crippen LogP contribution in [0.2, 0.25) is 0 Å². The summed E-state index contributed by atoms with van der Waals surface area (Å²) in [7, 11) is -2.25. The van der Waals surface area contributed by atoms with Crippen LogP contribution < -0.4 is 15.4 Å². The van der Waals surface area contributed by atoms with E-state index in [1.807, 2.05) is 56.3 Å². The maximum absolute atomic E-state index is 14.5. The van der Waals surface area contributed by atoms with E-state index in [-0.39, 0.29) is 42.2 Å². The monoisotopic (exact) mass is 716 g/mol. The van der Waals surface area contributed by atoms with Crippen molar-refractivity contribution < 1.29 is 32.6 Å². The number of anilines is 2. The van der Waals surface area contributed by atoms with E-state index in [4.69, 9.17) is 9.47 Å². The number of nitrogens with zero attached hydrogens (tertiary/aromatic N) is 2. The lowest BCUT2D eigenvalue weighted by molar-refractivity contribution is -0.00833. The number of carbonyl (C=O) groups is 2. The molecule has 12 heteroatoms. The molecule has 1 aliphatic rings. The standard InChI is InChI=1S/C39H48N4O7S/c1-27-24-43(28(2)26-44)38(45)34-23-31(40-39(46)41-35-19-12-15-30-14-8-9-18-33(30)35)20-21-36(34)50-29(3)13-10-11-22-49-37(27)25-42(4)51(47,48)32-16-6-5-7-17-32/h5-9,12,14-21,23,27-29,37,44H,10-11,13,22,24-26H2,1-4H3,(H2,40,41,46)/t27-,28+,29-,37-/m0/s1. The van der Waals surface area contributed by atoms with E-state index >= 15 is 0 Å². The molecule has 4 atom stereocenters. The molecule has 5 rings (SSSR count). The van der Waals surface area contributed by atoms with Crippen LogP contribution in [0.15, 0.2) is 95.9 Å². The number of fused-ring (bicyclic) bond motifs is 2. The first-order valence-corrected chi connectivity index (χ1v) is 18.8. The summed E-state index contributed by atoms with van der Waals surface area (Å²) < 4.78 is 40.8. The third-order valence-corrected chi connectivity index (χ3v) is 11.1. The highest BCUT2D eigenvalue weighted by atomic mass is 32.2. The largest absolute Gasteiger partial charge is 0.490 e. The molecular formula is C39H48N4O7S. The normalized spacial score (nSPS) is 19.8. The number of sulfonamides is 1. The molecular weight excluding hydrogens is 669 g/mol. The summed E-state index contributed by atoms with van der Waals surface area (Å²) in [5.74, 6) is -0.353. The molecule has 0 fully saturated rings. The molecule has 0 aliphatic carbocycles. The SMILES string of the molecule is C[C@H](CO)N1C[C@H](C)[C@H](CN(C)S(=O)(=O)c2ccccc2)OCCCC[C@H](C)Oc2ccc(NC(=O)Nc3cccc4ccccc34)cc2C1=O. The zero-order valence-corrected chi connectivity index (χ0v) is 30.4. The first-order valence-electron chi connectivity index (χ1n) is 17.4. The van der Waals surface area contributed by atoms with Gasteiger partial charge in [0.05, 0.1) is 41.0 Å². The Morgan fingerprint density at radius 1 is 0.980 bits per heavy atom. The van der Waals surface area contributed by atoms with Crippen LogP contribution in [0, 0.1) is 5.92 Å². The minimum absolute atomic E-state index is 0.0733. The number of aliphatic hydroxyl groups is 1. The fourth-order valence-electron chi connectivity index (χ4n) is 6.21. The summed E-state index contributed by atoms with van der Waals surface area (Å²) in [6, 6.07) is 25.6. The number of carbonyl (C=O) groups excluding carboxylic acids is 2. The molecule has 11 nitrogen and oxygen atoms in total. The smallest absolute Gasteiger partial charge is 0.323 e. The van der Waals surface area contributed by atoms with Gasteiger partial charge >= 0.3 is 6.03 Å². The van der Waals surface area contributed by atoms with Crippen molar-refractivity contribution in [1.29, 1.82) is 0 Å². The number of benzene rings is 4. The fraction of sp³-hybridized carbons (Fsp3) is 0.385. The molecule has 272 valence electrons. The van der Waals surface area contributed by atoms with Crippen molar-refractivity contribution in [3.05, 3.63) is 96.6 Å². The number of hydrogen-bond acceptors (Lipinski definition) is 7. The predicted molar refractivity (Wildman–Crippen MR) is 200 cm³/mol. The molecule has 51 heavy (non-hydrogen) atoms. The maximum atomic E-state index is 14.5. The maximum Gasteiger partial charge on any atom is 0.323 e. The van der Waals surface area contributed by atoms with Crippen molar-refractivity contribution in [2.45, 2.75) is 63.2 Å². The van der Waals surface area contributed by atoms with Gasteiger partial charge in [-0.2, -0.15) is 4.31 Å². The molecule has 0 radical (unpaired) electrons. The van der Waals surface area contributed by atoms with Gasteiger partial charge in [0.25, 0.3) is 5.91 Å². The van der Waals surface area contributed by atoms with Gasteiger partial charge in [-0.25, -0.2) is 13.2 Å². The first kappa shape index (κ1) is 37.8. The van der Waals surface area contributed by atoms with E-state index in [1.54, 1.807) is 60.4 Å². The fourth-order valence-corrected chi connectivity index (χ4v) is 7.41. The predicted octanol–water partition coefficient (Wildman–Crippen LogP) is 6.60. The molecule has 0 spiro atoms. The molecule has 1 heterocycles. The Hall–Kier alpha value is -4.49. The van der Waals surface area contributed by atoms with Crippen LogP contribution in [0.25, 0.3) is 10.8 Å². The number of likely N-dealkylation sites (N-methyl/N-ethyl adjacent to an activating group) is 1. The average Bonchev–Trinajstić information content (AvgIpc) is 3.13. The van der Waals surface area contributed by atoms with Gasteiger partial charge in [-0.3, -0.25) is 4.79 Å². The van der Waals surface area contributed by atoms with Crippen LogP contribution in [-0.4, -0.2) is 86.3 Å². The van der Waals surface area contributed by atoms with Gasteiger partial charge in [0, 0.05) is 43.7 Å². The molecule has 0 aromatic heterocycles. The van der Waals surface area contributed by atoms with E-state index < -0.39 is 34.1 Å². The Morgan fingerprint density at radius 2 is 1.71 bits per heavy atom. The van der Waals surface area contributed by atoms with Gasteiger partial charge < -0.3 is 30.1 Å². The molecule has 3 amide bonds. The van der Waals surface area contributed by atoms with E-state index in [2.05, 4.69) is 10.6 Å². The number of nitrogens with one attached hydrogen (secondary N) is 2. The van der Waals surface area contributed by atoms with Crippen molar-refractivity contribution in [2.75, 3.05) is 44.0 Å². The molecule has 0 bridgehead atoms. The van der Waals surface area contributed by atoms with Crippen molar-refractivity contribution in [3.8, 4) is 5.75 Å². The van der Waals surface area contributed by atoms with Crippen LogP contribution in [0.5, 0.6) is 5.75 Å². The zero-order valence-electron chi connectivity index (χ0n) is 29.6. The summed E-state index contributed by atoms with van der Waals surface area (Å²) in [4.78, 5) is 29.4. The van der Waals surface area contributed by atoms with Crippen LogP contribution in [0.3, 0.4) is 0 Å². The minimum Gasteiger partial charge on any atom is -0.490 e. The summed E-state index contributed by atoms with van der Waals surface area (Å²) >= 11 is 0. The second-order valence-electron chi connectivity index (χ2n) is 13.2. The number of amides is 3. The van der Waals surface area contributed by atoms with Gasteiger partial charge in [-0.05, 0) is 74.9 Å². The number of urea groups is 1. The van der Waals surface area contributed by atoms with Crippen molar-refractivity contribution >= 4 is 44.1 Å². The molecule has 4 aromatic carbocycles. The topological polar surface area (TPSA) is 138 Å². The summed E-state index contributed by atoms with van der Waals surface area (Å²) in [6.45, 7) is 5.95. The highest BCUT2D eigenvalue weighted by molar-refractivity contribution is 7.89. The van der Waals surface area contributed by atoms with Crippen molar-refractivity contribution in [2.24, 2.45) is 5.92 Å².